The number of pyridine rings is 1. The van der Waals surface area contributed by atoms with Crippen LogP contribution < -0.4 is 5.32 Å². The van der Waals surface area contributed by atoms with Gasteiger partial charge in [0.25, 0.3) is 5.91 Å². The summed E-state index contributed by atoms with van der Waals surface area (Å²) in [5.41, 5.74) is 4.68. The number of rotatable bonds is 8. The number of hydrogen-bond donors (Lipinski definition) is 1. The SMILES string of the molecule is O=C(NCc1ccccc1F)c1ccc(Cn2c(SCc3ccc(F)cc3)nc3ccncc32)cc1. The fraction of sp³-hybridized carbons (Fsp3) is 0.107. The van der Waals surface area contributed by atoms with Crippen molar-refractivity contribution in [3.05, 3.63) is 125 Å². The normalized spacial score (nSPS) is 11.1. The fourth-order valence-corrected chi connectivity index (χ4v) is 4.77. The van der Waals surface area contributed by atoms with Crippen molar-refractivity contribution < 1.29 is 13.6 Å². The Kier molecular flexibility index (Phi) is 7.04. The van der Waals surface area contributed by atoms with E-state index >= 15 is 0 Å². The molecule has 5 nitrogen and oxygen atoms in total. The molecule has 2 heterocycles. The first kappa shape index (κ1) is 23.7. The number of hydrogen-bond acceptors (Lipinski definition) is 4. The van der Waals surface area contributed by atoms with Crippen molar-refractivity contribution in [2.45, 2.75) is 24.0 Å². The van der Waals surface area contributed by atoms with Crippen molar-refractivity contribution in [3.63, 3.8) is 0 Å². The van der Waals surface area contributed by atoms with Crippen LogP contribution in [0.2, 0.25) is 0 Å². The summed E-state index contributed by atoms with van der Waals surface area (Å²) in [4.78, 5) is 21.6. The first-order chi connectivity index (χ1) is 17.6. The third-order valence-electron chi connectivity index (χ3n) is 5.75. The average molecular weight is 501 g/mol. The molecule has 0 saturated carbocycles. The van der Waals surface area contributed by atoms with E-state index < -0.39 is 0 Å². The van der Waals surface area contributed by atoms with E-state index in [0.29, 0.717) is 23.4 Å². The number of halogens is 2. The third kappa shape index (κ3) is 5.44. The van der Waals surface area contributed by atoms with Crippen LogP contribution >= 0.6 is 11.8 Å². The molecule has 2 aromatic heterocycles. The zero-order valence-corrected chi connectivity index (χ0v) is 20.0. The molecule has 36 heavy (non-hydrogen) atoms. The maximum Gasteiger partial charge on any atom is 0.251 e. The van der Waals surface area contributed by atoms with Gasteiger partial charge in [-0.2, -0.15) is 0 Å². The van der Waals surface area contributed by atoms with Gasteiger partial charge in [0, 0.05) is 29.6 Å². The summed E-state index contributed by atoms with van der Waals surface area (Å²) in [7, 11) is 0. The van der Waals surface area contributed by atoms with Crippen molar-refractivity contribution in [3.8, 4) is 0 Å². The van der Waals surface area contributed by atoms with Crippen LogP contribution in [0, 0.1) is 11.6 Å². The molecule has 0 aliphatic carbocycles. The van der Waals surface area contributed by atoms with E-state index in [0.717, 1.165) is 27.3 Å². The summed E-state index contributed by atoms with van der Waals surface area (Å²) in [5, 5.41) is 3.59. The van der Waals surface area contributed by atoms with Crippen LogP contribution in [0.3, 0.4) is 0 Å². The Balaban J connectivity index is 1.30. The Morgan fingerprint density at radius 2 is 1.67 bits per heavy atom. The lowest BCUT2D eigenvalue weighted by molar-refractivity contribution is 0.0950. The van der Waals surface area contributed by atoms with Gasteiger partial charge in [-0.15, -0.1) is 0 Å². The van der Waals surface area contributed by atoms with Crippen molar-refractivity contribution in [2.24, 2.45) is 0 Å². The maximum absolute atomic E-state index is 13.8. The highest BCUT2D eigenvalue weighted by molar-refractivity contribution is 7.98. The number of thioether (sulfide) groups is 1. The number of amides is 1. The number of carbonyl (C=O) groups is 1. The van der Waals surface area contributed by atoms with Gasteiger partial charge in [0.2, 0.25) is 0 Å². The molecule has 3 aromatic carbocycles. The first-order valence-corrected chi connectivity index (χ1v) is 12.3. The minimum atomic E-state index is -0.344. The van der Waals surface area contributed by atoms with Gasteiger partial charge in [-0.3, -0.25) is 9.78 Å². The molecular formula is C28H22F2N4OS. The number of carbonyl (C=O) groups excluding carboxylic acids is 1. The van der Waals surface area contributed by atoms with Crippen molar-refractivity contribution in [1.82, 2.24) is 19.9 Å². The Labute approximate surface area is 211 Å². The Bertz CT molecular complexity index is 1500. The molecule has 0 atom stereocenters. The predicted molar refractivity (Wildman–Crippen MR) is 137 cm³/mol. The summed E-state index contributed by atoms with van der Waals surface area (Å²) < 4.78 is 29.1. The van der Waals surface area contributed by atoms with E-state index in [1.165, 1.54) is 18.2 Å². The molecule has 1 N–H and O–H groups in total. The summed E-state index contributed by atoms with van der Waals surface area (Å²) >= 11 is 1.57. The van der Waals surface area contributed by atoms with E-state index in [-0.39, 0.29) is 24.1 Å². The molecule has 8 heteroatoms. The van der Waals surface area contributed by atoms with Gasteiger partial charge < -0.3 is 9.88 Å². The number of fused-ring (bicyclic) bond motifs is 1. The van der Waals surface area contributed by atoms with Crippen LogP contribution in [0.25, 0.3) is 11.0 Å². The zero-order chi connectivity index (χ0) is 24.9. The molecule has 5 rings (SSSR count). The summed E-state index contributed by atoms with van der Waals surface area (Å²) in [6.07, 6.45) is 3.50. The highest BCUT2D eigenvalue weighted by Crippen LogP contribution is 2.27. The standard InChI is InChI=1S/C28H22F2N4OS/c29-23-11-7-20(8-12-23)18-36-28-33-25-13-14-31-16-26(25)34(28)17-19-5-9-21(10-6-19)27(35)32-15-22-3-1-2-4-24(22)30/h1-14,16H,15,17-18H2,(H,32,35). The van der Waals surface area contributed by atoms with Gasteiger partial charge in [-0.1, -0.05) is 54.2 Å². The average Bonchev–Trinajstić information content (AvgIpc) is 3.25. The number of nitrogens with zero attached hydrogens (tertiary/aromatic N) is 3. The molecular weight excluding hydrogens is 478 g/mol. The summed E-state index contributed by atoms with van der Waals surface area (Å²) in [5.74, 6) is -0.217. The number of nitrogens with one attached hydrogen (secondary N) is 1. The Morgan fingerprint density at radius 1 is 0.917 bits per heavy atom. The summed E-state index contributed by atoms with van der Waals surface area (Å²) in [6.45, 7) is 0.668. The van der Waals surface area contributed by atoms with Crippen LogP contribution in [0.4, 0.5) is 8.78 Å². The maximum atomic E-state index is 13.8. The fourth-order valence-electron chi connectivity index (χ4n) is 3.80. The molecule has 0 unspecified atom stereocenters. The van der Waals surface area contributed by atoms with Gasteiger partial charge >= 0.3 is 0 Å². The second kappa shape index (κ2) is 10.7. The molecule has 5 aromatic rings. The van der Waals surface area contributed by atoms with Gasteiger partial charge in [-0.25, -0.2) is 13.8 Å². The molecule has 0 bridgehead atoms. The highest BCUT2D eigenvalue weighted by Gasteiger charge is 2.13. The quantitative estimate of drug-likeness (QED) is 0.266. The Morgan fingerprint density at radius 3 is 2.44 bits per heavy atom. The molecule has 0 fully saturated rings. The summed E-state index contributed by atoms with van der Waals surface area (Å²) in [6, 6.07) is 22.0. The lowest BCUT2D eigenvalue weighted by Crippen LogP contribution is -2.23. The van der Waals surface area contributed by atoms with E-state index in [4.69, 9.17) is 4.98 Å². The van der Waals surface area contributed by atoms with Crippen LogP contribution in [0.5, 0.6) is 0 Å². The molecule has 0 saturated heterocycles. The van der Waals surface area contributed by atoms with Gasteiger partial charge in [0.05, 0.1) is 23.8 Å². The monoisotopic (exact) mass is 500 g/mol. The third-order valence-corrected chi connectivity index (χ3v) is 6.80. The molecule has 0 aliphatic rings. The largest absolute Gasteiger partial charge is 0.348 e. The van der Waals surface area contributed by atoms with Gasteiger partial charge in [0.1, 0.15) is 11.6 Å². The molecule has 0 spiro atoms. The second-order valence-corrected chi connectivity index (χ2v) is 9.17. The van der Waals surface area contributed by atoms with E-state index in [1.807, 2.05) is 18.2 Å². The number of aromatic nitrogens is 3. The highest BCUT2D eigenvalue weighted by atomic mass is 32.2. The van der Waals surface area contributed by atoms with Crippen LogP contribution in [-0.2, 0) is 18.8 Å². The Hall–Kier alpha value is -4.04. The van der Waals surface area contributed by atoms with E-state index in [2.05, 4.69) is 14.9 Å². The van der Waals surface area contributed by atoms with Gasteiger partial charge in [0.15, 0.2) is 5.16 Å². The molecule has 1 amide bonds. The minimum Gasteiger partial charge on any atom is -0.348 e. The molecule has 0 aliphatic heterocycles. The van der Waals surface area contributed by atoms with Crippen molar-refractivity contribution in [1.29, 1.82) is 0 Å². The number of benzene rings is 3. The van der Waals surface area contributed by atoms with Crippen LogP contribution in [0.15, 0.2) is 96.4 Å². The smallest absolute Gasteiger partial charge is 0.251 e. The minimum absolute atomic E-state index is 0.121. The lowest BCUT2D eigenvalue weighted by Gasteiger charge is -2.10. The van der Waals surface area contributed by atoms with Crippen LogP contribution in [-0.4, -0.2) is 20.4 Å². The number of imidazole rings is 1. The predicted octanol–water partition coefficient (Wildman–Crippen LogP) is 5.98. The second-order valence-electron chi connectivity index (χ2n) is 8.23. The van der Waals surface area contributed by atoms with Gasteiger partial charge in [-0.05, 0) is 47.5 Å². The molecule has 180 valence electrons. The van der Waals surface area contributed by atoms with E-state index in [9.17, 15) is 13.6 Å². The van der Waals surface area contributed by atoms with Crippen molar-refractivity contribution >= 4 is 28.7 Å². The van der Waals surface area contributed by atoms with Crippen molar-refractivity contribution in [2.75, 3.05) is 0 Å². The lowest BCUT2D eigenvalue weighted by atomic mass is 10.1. The van der Waals surface area contributed by atoms with E-state index in [1.54, 1.807) is 66.6 Å². The molecule has 0 radical (unpaired) electrons. The first-order valence-electron chi connectivity index (χ1n) is 11.3. The zero-order valence-electron chi connectivity index (χ0n) is 19.2. The topological polar surface area (TPSA) is 59.8 Å². The van der Waals surface area contributed by atoms with Crippen LogP contribution in [0.1, 0.15) is 27.0 Å².